The predicted octanol–water partition coefficient (Wildman–Crippen LogP) is 2.26. The van der Waals surface area contributed by atoms with Crippen molar-refractivity contribution in [3.05, 3.63) is 58.1 Å². The summed E-state index contributed by atoms with van der Waals surface area (Å²) in [5, 5.41) is 6.33. The van der Waals surface area contributed by atoms with Gasteiger partial charge in [-0.2, -0.15) is 5.10 Å². The normalized spacial score (nSPS) is 10.4. The smallest absolute Gasteiger partial charge is 0.308 e. The first-order chi connectivity index (χ1) is 13.4. The zero-order valence-corrected chi connectivity index (χ0v) is 16.8. The number of amides is 2. The number of ether oxygens (including phenoxy) is 2. The molecule has 8 nitrogen and oxygen atoms in total. The Morgan fingerprint density at radius 1 is 1.11 bits per heavy atom. The fraction of sp³-hybridized carbons (Fsp3) is 0.158. The van der Waals surface area contributed by atoms with Crippen molar-refractivity contribution in [1.82, 2.24) is 10.7 Å². The van der Waals surface area contributed by atoms with E-state index in [-0.39, 0.29) is 18.2 Å². The maximum absolute atomic E-state index is 11.9. The highest BCUT2D eigenvalue weighted by atomic mass is 79.9. The SMILES string of the molecule is COc1cc(/C=N/NC(=O)CNC(=O)c2ccc(Br)cc2)ccc1OC(C)=O. The minimum atomic E-state index is -0.481. The molecule has 0 saturated heterocycles. The van der Waals surface area contributed by atoms with Gasteiger partial charge in [0.15, 0.2) is 11.5 Å². The average Bonchev–Trinajstić information content (AvgIpc) is 2.67. The van der Waals surface area contributed by atoms with Crippen LogP contribution in [0.2, 0.25) is 0 Å². The molecule has 2 aromatic carbocycles. The summed E-state index contributed by atoms with van der Waals surface area (Å²) in [5.74, 6) is -0.668. The van der Waals surface area contributed by atoms with E-state index >= 15 is 0 Å². The molecule has 2 aromatic rings. The second kappa shape index (κ2) is 10.2. The molecule has 2 rings (SSSR count). The molecule has 0 saturated carbocycles. The molecule has 0 spiro atoms. The third-order valence-electron chi connectivity index (χ3n) is 3.36. The number of rotatable bonds is 7. The second-order valence-corrected chi connectivity index (χ2v) is 6.40. The Labute approximate surface area is 170 Å². The van der Waals surface area contributed by atoms with Crippen molar-refractivity contribution in [2.75, 3.05) is 13.7 Å². The first-order valence-electron chi connectivity index (χ1n) is 8.11. The number of nitrogens with one attached hydrogen (secondary N) is 2. The van der Waals surface area contributed by atoms with Crippen molar-refractivity contribution >= 4 is 39.9 Å². The van der Waals surface area contributed by atoms with Gasteiger partial charge in [0.2, 0.25) is 0 Å². The Balaban J connectivity index is 1.86. The Morgan fingerprint density at radius 2 is 1.82 bits per heavy atom. The van der Waals surface area contributed by atoms with E-state index in [1.807, 2.05) is 0 Å². The lowest BCUT2D eigenvalue weighted by molar-refractivity contribution is -0.132. The van der Waals surface area contributed by atoms with Gasteiger partial charge in [0, 0.05) is 17.0 Å². The number of halogens is 1. The van der Waals surface area contributed by atoms with Gasteiger partial charge in [-0.3, -0.25) is 14.4 Å². The van der Waals surface area contributed by atoms with Crippen LogP contribution in [0.4, 0.5) is 0 Å². The molecule has 28 heavy (non-hydrogen) atoms. The van der Waals surface area contributed by atoms with E-state index in [4.69, 9.17) is 9.47 Å². The molecule has 0 heterocycles. The van der Waals surface area contributed by atoms with Gasteiger partial charge in [0.1, 0.15) is 0 Å². The van der Waals surface area contributed by atoms with Crippen molar-refractivity contribution in [3.63, 3.8) is 0 Å². The highest BCUT2D eigenvalue weighted by molar-refractivity contribution is 9.10. The zero-order chi connectivity index (χ0) is 20.5. The lowest BCUT2D eigenvalue weighted by atomic mass is 10.2. The quantitative estimate of drug-likeness (QED) is 0.293. The molecule has 0 fully saturated rings. The van der Waals surface area contributed by atoms with E-state index in [0.29, 0.717) is 16.9 Å². The van der Waals surface area contributed by atoms with Crippen LogP contribution in [0.15, 0.2) is 52.0 Å². The molecule has 0 unspecified atom stereocenters. The minimum absolute atomic E-state index is 0.221. The fourth-order valence-electron chi connectivity index (χ4n) is 2.09. The predicted molar refractivity (Wildman–Crippen MR) is 107 cm³/mol. The van der Waals surface area contributed by atoms with Crippen molar-refractivity contribution in [1.29, 1.82) is 0 Å². The summed E-state index contributed by atoms with van der Waals surface area (Å²) in [6, 6.07) is 11.6. The maximum Gasteiger partial charge on any atom is 0.308 e. The van der Waals surface area contributed by atoms with Gasteiger partial charge < -0.3 is 14.8 Å². The van der Waals surface area contributed by atoms with Gasteiger partial charge in [-0.15, -0.1) is 0 Å². The number of hydrazone groups is 1. The van der Waals surface area contributed by atoms with Gasteiger partial charge in [-0.1, -0.05) is 15.9 Å². The van der Waals surface area contributed by atoms with Crippen LogP contribution < -0.4 is 20.2 Å². The molecule has 2 N–H and O–H groups in total. The number of hydrogen-bond donors (Lipinski definition) is 2. The number of hydrogen-bond acceptors (Lipinski definition) is 6. The van der Waals surface area contributed by atoms with E-state index in [0.717, 1.165) is 4.47 Å². The Bertz CT molecular complexity index is 897. The van der Waals surface area contributed by atoms with E-state index in [1.54, 1.807) is 42.5 Å². The Hall–Kier alpha value is -3.20. The van der Waals surface area contributed by atoms with Crippen LogP contribution in [0.1, 0.15) is 22.8 Å². The van der Waals surface area contributed by atoms with Crippen molar-refractivity contribution in [2.45, 2.75) is 6.92 Å². The summed E-state index contributed by atoms with van der Waals surface area (Å²) in [6.07, 6.45) is 1.40. The van der Waals surface area contributed by atoms with Crippen molar-refractivity contribution in [3.8, 4) is 11.5 Å². The molecule has 0 radical (unpaired) electrons. The summed E-state index contributed by atoms with van der Waals surface area (Å²) in [5.41, 5.74) is 3.37. The molecule has 0 aliphatic rings. The maximum atomic E-state index is 11.9. The fourth-order valence-corrected chi connectivity index (χ4v) is 2.35. The lowest BCUT2D eigenvalue weighted by Gasteiger charge is -2.08. The van der Waals surface area contributed by atoms with Crippen LogP contribution in [0.3, 0.4) is 0 Å². The highest BCUT2D eigenvalue weighted by Crippen LogP contribution is 2.27. The van der Waals surface area contributed by atoms with Crippen LogP contribution in [-0.2, 0) is 9.59 Å². The largest absolute Gasteiger partial charge is 0.493 e. The summed E-state index contributed by atoms with van der Waals surface area (Å²) < 4.78 is 11.0. The molecule has 0 atom stereocenters. The molecule has 2 amide bonds. The van der Waals surface area contributed by atoms with Crippen molar-refractivity contribution < 1.29 is 23.9 Å². The van der Waals surface area contributed by atoms with E-state index in [1.165, 1.54) is 20.2 Å². The topological polar surface area (TPSA) is 106 Å². The van der Waals surface area contributed by atoms with Gasteiger partial charge in [0.05, 0.1) is 19.9 Å². The van der Waals surface area contributed by atoms with Crippen LogP contribution in [0.25, 0.3) is 0 Å². The molecule has 0 aliphatic heterocycles. The molecule has 0 bridgehead atoms. The van der Waals surface area contributed by atoms with Gasteiger partial charge >= 0.3 is 5.97 Å². The van der Waals surface area contributed by atoms with Crippen LogP contribution >= 0.6 is 15.9 Å². The summed E-state index contributed by atoms with van der Waals surface area (Å²) in [6.45, 7) is 1.07. The third kappa shape index (κ3) is 6.51. The average molecular weight is 448 g/mol. The first-order valence-corrected chi connectivity index (χ1v) is 8.90. The van der Waals surface area contributed by atoms with Gasteiger partial charge in [-0.25, -0.2) is 5.43 Å². The van der Waals surface area contributed by atoms with Gasteiger partial charge in [-0.05, 0) is 48.0 Å². The van der Waals surface area contributed by atoms with Crippen molar-refractivity contribution in [2.24, 2.45) is 5.10 Å². The standard InChI is InChI=1S/C19H18BrN3O5/c1-12(24)28-16-8-3-13(9-17(16)27-2)10-22-23-18(25)11-21-19(26)14-4-6-15(20)7-5-14/h3-10H,11H2,1-2H3,(H,21,26)(H,23,25)/b22-10+. The van der Waals surface area contributed by atoms with Crippen LogP contribution in [-0.4, -0.2) is 37.7 Å². The molecule has 0 aromatic heterocycles. The first kappa shape index (κ1) is 21.1. The molecular weight excluding hydrogens is 430 g/mol. The van der Waals surface area contributed by atoms with Crippen LogP contribution in [0.5, 0.6) is 11.5 Å². The molecule has 0 aliphatic carbocycles. The monoisotopic (exact) mass is 447 g/mol. The second-order valence-electron chi connectivity index (χ2n) is 5.49. The highest BCUT2D eigenvalue weighted by Gasteiger charge is 2.08. The number of benzene rings is 2. The Kier molecular flexibility index (Phi) is 7.70. The summed E-state index contributed by atoms with van der Waals surface area (Å²) in [4.78, 5) is 34.8. The lowest BCUT2D eigenvalue weighted by Crippen LogP contribution is -2.34. The van der Waals surface area contributed by atoms with E-state index in [2.05, 4.69) is 31.8 Å². The molecule has 146 valence electrons. The van der Waals surface area contributed by atoms with E-state index in [9.17, 15) is 14.4 Å². The zero-order valence-electron chi connectivity index (χ0n) is 15.2. The number of esters is 1. The summed E-state index contributed by atoms with van der Waals surface area (Å²) >= 11 is 3.29. The summed E-state index contributed by atoms with van der Waals surface area (Å²) in [7, 11) is 1.44. The molecule has 9 heteroatoms. The third-order valence-corrected chi connectivity index (χ3v) is 3.89. The number of carbonyl (C=O) groups excluding carboxylic acids is 3. The van der Waals surface area contributed by atoms with E-state index < -0.39 is 11.9 Å². The number of carbonyl (C=O) groups is 3. The molecular formula is C19H18BrN3O5. The Morgan fingerprint density at radius 3 is 2.46 bits per heavy atom. The minimum Gasteiger partial charge on any atom is -0.493 e. The number of nitrogens with zero attached hydrogens (tertiary/aromatic N) is 1. The van der Waals surface area contributed by atoms with Crippen LogP contribution in [0, 0.1) is 0 Å². The van der Waals surface area contributed by atoms with Gasteiger partial charge in [0.25, 0.3) is 11.8 Å². The number of methoxy groups -OCH3 is 1.